The van der Waals surface area contributed by atoms with Crippen LogP contribution in [0.3, 0.4) is 0 Å². The Morgan fingerprint density at radius 3 is 2.63 bits per heavy atom. The van der Waals surface area contributed by atoms with Crippen LogP contribution in [-0.2, 0) is 13.1 Å². The molecule has 4 rings (SSSR count). The van der Waals surface area contributed by atoms with E-state index in [4.69, 9.17) is 8.83 Å². The highest BCUT2D eigenvalue weighted by Gasteiger charge is 2.22. The number of aryl methyl sites for hydroxylation is 1. The smallest absolute Gasteiger partial charge is 0.235 e. The number of hydrogen-bond donors (Lipinski definition) is 0. The number of thiophene rings is 1. The van der Waals surface area contributed by atoms with E-state index in [-0.39, 0.29) is 5.69 Å². The largest absolute Gasteiger partial charge is 0.467 e. The van der Waals surface area contributed by atoms with Crippen LogP contribution in [0.2, 0.25) is 0 Å². The lowest BCUT2D eigenvalue weighted by Gasteiger charge is -2.20. The fraction of sp³-hybridized carbons (Fsp3) is 0.143. The first-order valence-corrected chi connectivity index (χ1v) is 9.39. The van der Waals surface area contributed by atoms with Gasteiger partial charge in [0, 0.05) is 10.4 Å². The fourth-order valence-electron chi connectivity index (χ4n) is 2.83. The molecule has 0 amide bonds. The van der Waals surface area contributed by atoms with Crippen LogP contribution in [0, 0.1) is 18.3 Å². The van der Waals surface area contributed by atoms with Gasteiger partial charge in [0.25, 0.3) is 0 Å². The minimum atomic E-state index is 0.273. The molecule has 1 aromatic carbocycles. The van der Waals surface area contributed by atoms with E-state index < -0.39 is 0 Å². The molecule has 0 aliphatic carbocycles. The Morgan fingerprint density at radius 2 is 1.96 bits per heavy atom. The Bertz CT molecular complexity index is 1060. The minimum Gasteiger partial charge on any atom is -0.467 e. The third kappa shape index (κ3) is 3.64. The Morgan fingerprint density at radius 1 is 1.11 bits per heavy atom. The minimum absolute atomic E-state index is 0.273. The average Bonchev–Trinajstić information content (AvgIpc) is 3.43. The van der Waals surface area contributed by atoms with Crippen molar-refractivity contribution in [1.82, 2.24) is 4.98 Å². The summed E-state index contributed by atoms with van der Waals surface area (Å²) in [6.45, 7) is 3.18. The second kappa shape index (κ2) is 7.52. The first-order valence-electron chi connectivity index (χ1n) is 8.51. The molecule has 0 unspecified atom stereocenters. The standard InChI is InChI=1S/C21H17N3O2S/c1-15-9-11-27-19(15)14-24(13-17-8-5-10-25-17)21-18(12-22)23-20(26-21)16-6-3-2-4-7-16/h2-11H,13-14H2,1H3. The third-order valence-corrected chi connectivity index (χ3v) is 5.26. The summed E-state index contributed by atoms with van der Waals surface area (Å²) < 4.78 is 11.6. The number of nitrogens with zero attached hydrogens (tertiary/aromatic N) is 3. The SMILES string of the molecule is Cc1ccsc1CN(Cc1ccco1)c1oc(-c2ccccc2)nc1C#N. The molecule has 27 heavy (non-hydrogen) atoms. The molecular weight excluding hydrogens is 358 g/mol. The van der Waals surface area contributed by atoms with Gasteiger partial charge in [-0.3, -0.25) is 0 Å². The molecule has 6 heteroatoms. The van der Waals surface area contributed by atoms with Crippen LogP contribution in [0.15, 0.2) is 69.0 Å². The van der Waals surface area contributed by atoms with Crippen LogP contribution in [0.5, 0.6) is 0 Å². The molecule has 0 radical (unpaired) electrons. The van der Waals surface area contributed by atoms with Crippen LogP contribution in [0.4, 0.5) is 5.88 Å². The summed E-state index contributed by atoms with van der Waals surface area (Å²) in [6.07, 6.45) is 1.64. The fourth-order valence-corrected chi connectivity index (χ4v) is 3.75. The van der Waals surface area contributed by atoms with Gasteiger partial charge in [0.15, 0.2) is 0 Å². The predicted molar refractivity (Wildman–Crippen MR) is 104 cm³/mol. The molecule has 3 heterocycles. The van der Waals surface area contributed by atoms with Gasteiger partial charge < -0.3 is 13.7 Å². The molecule has 4 aromatic rings. The summed E-state index contributed by atoms with van der Waals surface area (Å²) in [6, 6.07) is 17.6. The van der Waals surface area contributed by atoms with Crippen molar-refractivity contribution in [2.75, 3.05) is 4.90 Å². The van der Waals surface area contributed by atoms with Crippen LogP contribution < -0.4 is 4.90 Å². The van der Waals surface area contributed by atoms with Crippen LogP contribution in [0.1, 0.15) is 21.9 Å². The van der Waals surface area contributed by atoms with Gasteiger partial charge in [-0.05, 0) is 48.2 Å². The Labute approximate surface area is 161 Å². The van der Waals surface area contributed by atoms with E-state index in [1.165, 1.54) is 10.4 Å². The molecule has 134 valence electrons. The van der Waals surface area contributed by atoms with Gasteiger partial charge in [0.1, 0.15) is 11.8 Å². The number of aromatic nitrogens is 1. The van der Waals surface area contributed by atoms with Crippen molar-refractivity contribution in [3.8, 4) is 17.5 Å². The van der Waals surface area contributed by atoms with Crippen molar-refractivity contribution in [3.63, 3.8) is 0 Å². The Hall–Kier alpha value is -3.30. The highest BCUT2D eigenvalue weighted by atomic mass is 32.1. The first-order chi connectivity index (χ1) is 13.2. The summed E-state index contributed by atoms with van der Waals surface area (Å²) in [7, 11) is 0. The number of hydrogen-bond acceptors (Lipinski definition) is 6. The molecule has 0 aliphatic heterocycles. The number of oxazole rings is 1. The van der Waals surface area contributed by atoms with E-state index in [9.17, 15) is 5.26 Å². The predicted octanol–water partition coefficient (Wildman–Crippen LogP) is 5.38. The van der Waals surface area contributed by atoms with E-state index in [0.717, 1.165) is 11.3 Å². The lowest BCUT2D eigenvalue weighted by atomic mass is 10.2. The van der Waals surface area contributed by atoms with Gasteiger partial charge >= 0.3 is 0 Å². The summed E-state index contributed by atoms with van der Waals surface area (Å²) in [5, 5.41) is 11.7. The normalized spacial score (nSPS) is 10.7. The van der Waals surface area contributed by atoms with E-state index in [2.05, 4.69) is 29.4 Å². The van der Waals surface area contributed by atoms with Gasteiger partial charge in [-0.2, -0.15) is 10.2 Å². The van der Waals surface area contributed by atoms with Gasteiger partial charge in [0.2, 0.25) is 17.5 Å². The Balaban J connectivity index is 1.73. The lowest BCUT2D eigenvalue weighted by molar-refractivity contribution is 0.483. The van der Waals surface area contributed by atoms with Gasteiger partial charge in [0.05, 0.1) is 19.4 Å². The zero-order valence-corrected chi connectivity index (χ0v) is 15.6. The zero-order valence-electron chi connectivity index (χ0n) is 14.8. The highest BCUT2D eigenvalue weighted by Crippen LogP contribution is 2.31. The van der Waals surface area contributed by atoms with Crippen molar-refractivity contribution in [3.05, 3.63) is 82.1 Å². The quantitative estimate of drug-likeness (QED) is 0.452. The molecular formula is C21H17N3O2S. The van der Waals surface area contributed by atoms with E-state index >= 15 is 0 Å². The summed E-state index contributed by atoms with van der Waals surface area (Å²) >= 11 is 1.68. The van der Waals surface area contributed by atoms with Crippen molar-refractivity contribution in [2.45, 2.75) is 20.0 Å². The van der Waals surface area contributed by atoms with Gasteiger partial charge in [-0.1, -0.05) is 18.2 Å². The van der Waals surface area contributed by atoms with Crippen LogP contribution in [-0.4, -0.2) is 4.98 Å². The monoisotopic (exact) mass is 375 g/mol. The number of furan rings is 1. The topological polar surface area (TPSA) is 66.2 Å². The maximum Gasteiger partial charge on any atom is 0.235 e. The zero-order chi connectivity index (χ0) is 18.6. The van der Waals surface area contributed by atoms with Crippen molar-refractivity contribution in [2.24, 2.45) is 0 Å². The molecule has 0 saturated heterocycles. The molecule has 0 aliphatic rings. The molecule has 0 spiro atoms. The van der Waals surface area contributed by atoms with E-state index in [1.807, 2.05) is 47.4 Å². The second-order valence-corrected chi connectivity index (χ2v) is 7.11. The maximum absolute atomic E-state index is 9.61. The van der Waals surface area contributed by atoms with E-state index in [0.29, 0.717) is 24.9 Å². The highest BCUT2D eigenvalue weighted by molar-refractivity contribution is 7.10. The molecule has 0 bridgehead atoms. The van der Waals surface area contributed by atoms with Crippen molar-refractivity contribution in [1.29, 1.82) is 5.26 Å². The number of anilines is 1. The molecule has 0 fully saturated rings. The molecule has 0 saturated carbocycles. The van der Waals surface area contributed by atoms with Crippen molar-refractivity contribution < 1.29 is 8.83 Å². The second-order valence-electron chi connectivity index (χ2n) is 6.11. The maximum atomic E-state index is 9.61. The van der Waals surface area contributed by atoms with E-state index in [1.54, 1.807) is 17.6 Å². The molecule has 0 N–H and O–H groups in total. The van der Waals surface area contributed by atoms with Crippen LogP contribution in [0.25, 0.3) is 11.5 Å². The number of nitriles is 1. The number of benzene rings is 1. The van der Waals surface area contributed by atoms with Crippen LogP contribution >= 0.6 is 11.3 Å². The first kappa shape index (κ1) is 17.1. The third-order valence-electron chi connectivity index (χ3n) is 4.25. The Kier molecular flexibility index (Phi) is 4.77. The summed E-state index contributed by atoms with van der Waals surface area (Å²) in [5.74, 6) is 1.70. The molecule has 0 atom stereocenters. The number of rotatable bonds is 6. The molecule has 3 aromatic heterocycles. The lowest BCUT2D eigenvalue weighted by Crippen LogP contribution is -2.22. The van der Waals surface area contributed by atoms with Gasteiger partial charge in [-0.25, -0.2) is 0 Å². The van der Waals surface area contributed by atoms with Gasteiger partial charge in [-0.15, -0.1) is 11.3 Å². The average molecular weight is 375 g/mol. The van der Waals surface area contributed by atoms with Crippen molar-refractivity contribution >= 4 is 17.2 Å². The summed E-state index contributed by atoms with van der Waals surface area (Å²) in [5.41, 5.74) is 2.32. The molecule has 5 nitrogen and oxygen atoms in total. The summed E-state index contributed by atoms with van der Waals surface area (Å²) in [4.78, 5) is 7.61.